The summed E-state index contributed by atoms with van der Waals surface area (Å²) >= 11 is 0. The van der Waals surface area contributed by atoms with E-state index in [1.54, 1.807) is 12.1 Å². The van der Waals surface area contributed by atoms with Gasteiger partial charge in [-0.1, -0.05) is 41.1 Å². The maximum atomic E-state index is 13.0. The van der Waals surface area contributed by atoms with Crippen molar-refractivity contribution < 1.29 is 13.7 Å². The highest BCUT2D eigenvalue weighted by molar-refractivity contribution is 5.76. The summed E-state index contributed by atoms with van der Waals surface area (Å²) in [5.41, 5.74) is 2.84. The lowest BCUT2D eigenvalue weighted by Crippen LogP contribution is -2.26. The number of nitrogens with zero attached hydrogens (tertiary/aromatic N) is 2. The number of hydrogen-bond donors (Lipinski definition) is 1. The van der Waals surface area contributed by atoms with Crippen molar-refractivity contribution in [1.29, 1.82) is 0 Å². The van der Waals surface area contributed by atoms with E-state index in [0.29, 0.717) is 18.1 Å². The number of hydrogen-bond acceptors (Lipinski definition) is 4. The van der Waals surface area contributed by atoms with E-state index in [2.05, 4.69) is 15.5 Å². The number of benzene rings is 2. The zero-order chi connectivity index (χ0) is 18.5. The van der Waals surface area contributed by atoms with Crippen LogP contribution in [0.1, 0.15) is 36.4 Å². The van der Waals surface area contributed by atoms with E-state index >= 15 is 0 Å². The molecule has 3 rings (SSSR count). The summed E-state index contributed by atoms with van der Waals surface area (Å²) < 4.78 is 18.2. The van der Waals surface area contributed by atoms with Crippen LogP contribution in [0.4, 0.5) is 4.39 Å². The number of aryl methyl sites for hydroxylation is 2. The molecule has 0 spiro atoms. The second-order valence-electron chi connectivity index (χ2n) is 6.22. The lowest BCUT2D eigenvalue weighted by atomic mass is 10.1. The van der Waals surface area contributed by atoms with Crippen LogP contribution >= 0.6 is 0 Å². The minimum Gasteiger partial charge on any atom is -0.350 e. The first-order valence-electron chi connectivity index (χ1n) is 8.46. The van der Waals surface area contributed by atoms with Gasteiger partial charge in [0.2, 0.25) is 17.6 Å². The van der Waals surface area contributed by atoms with E-state index < -0.39 is 0 Å². The van der Waals surface area contributed by atoms with Crippen LogP contribution in [0.5, 0.6) is 0 Å². The van der Waals surface area contributed by atoms with Gasteiger partial charge >= 0.3 is 0 Å². The van der Waals surface area contributed by atoms with Gasteiger partial charge in [-0.3, -0.25) is 4.79 Å². The molecule has 1 N–H and O–H groups in total. The summed E-state index contributed by atoms with van der Waals surface area (Å²) in [6.07, 6.45) is 0.599. The molecule has 2 aromatic carbocycles. The highest BCUT2D eigenvalue weighted by Crippen LogP contribution is 2.18. The standard InChI is InChI=1S/C20H20FN3O2/c1-13-4-3-5-16(12-13)20-23-19(26-24-20)11-10-18(25)22-14(2)15-6-8-17(21)9-7-15/h3-9,12,14H,10-11H2,1-2H3,(H,22,25)/t14-/m0/s1. The average Bonchev–Trinajstić information content (AvgIpc) is 3.09. The normalized spacial score (nSPS) is 12.0. The lowest BCUT2D eigenvalue weighted by molar-refractivity contribution is -0.121. The molecule has 1 aromatic heterocycles. The SMILES string of the molecule is Cc1cccc(-c2noc(CCC(=O)N[C@@H](C)c3ccc(F)cc3)n2)c1. The van der Waals surface area contributed by atoms with Crippen molar-refractivity contribution >= 4 is 5.91 Å². The van der Waals surface area contributed by atoms with Crippen LogP contribution in [-0.2, 0) is 11.2 Å². The largest absolute Gasteiger partial charge is 0.350 e. The van der Waals surface area contributed by atoms with Gasteiger partial charge in [0, 0.05) is 18.4 Å². The molecule has 134 valence electrons. The smallest absolute Gasteiger partial charge is 0.227 e. The summed E-state index contributed by atoms with van der Waals surface area (Å²) in [6.45, 7) is 3.85. The third-order valence-corrected chi connectivity index (χ3v) is 4.06. The van der Waals surface area contributed by atoms with Crippen LogP contribution in [0.2, 0.25) is 0 Å². The molecule has 26 heavy (non-hydrogen) atoms. The molecule has 5 nitrogen and oxygen atoms in total. The number of halogens is 1. The Hall–Kier alpha value is -3.02. The molecular formula is C20H20FN3O2. The summed E-state index contributed by atoms with van der Waals surface area (Å²) in [4.78, 5) is 16.5. The van der Waals surface area contributed by atoms with Gasteiger partial charge in [0.05, 0.1) is 6.04 Å². The first kappa shape index (κ1) is 17.8. The fraction of sp³-hybridized carbons (Fsp3) is 0.250. The van der Waals surface area contributed by atoms with Crippen molar-refractivity contribution in [1.82, 2.24) is 15.5 Å². The number of rotatable bonds is 6. The summed E-state index contributed by atoms with van der Waals surface area (Å²) in [6, 6.07) is 13.7. The predicted octanol–water partition coefficient (Wildman–Crippen LogP) is 3.99. The molecule has 1 atom stereocenters. The van der Waals surface area contributed by atoms with E-state index in [1.807, 2.05) is 38.1 Å². The van der Waals surface area contributed by atoms with Crippen LogP contribution in [0.3, 0.4) is 0 Å². The number of nitrogens with one attached hydrogen (secondary N) is 1. The molecule has 0 radical (unpaired) electrons. The van der Waals surface area contributed by atoms with Crippen LogP contribution < -0.4 is 5.32 Å². The zero-order valence-electron chi connectivity index (χ0n) is 14.7. The molecule has 0 unspecified atom stereocenters. The highest BCUT2D eigenvalue weighted by atomic mass is 19.1. The number of carbonyl (C=O) groups is 1. The zero-order valence-corrected chi connectivity index (χ0v) is 14.7. The molecule has 1 amide bonds. The van der Waals surface area contributed by atoms with Gasteiger partial charge in [0.1, 0.15) is 5.82 Å². The van der Waals surface area contributed by atoms with Crippen LogP contribution in [-0.4, -0.2) is 16.0 Å². The van der Waals surface area contributed by atoms with E-state index in [4.69, 9.17) is 4.52 Å². The van der Waals surface area contributed by atoms with Gasteiger partial charge < -0.3 is 9.84 Å². The fourth-order valence-electron chi connectivity index (χ4n) is 2.63. The molecular weight excluding hydrogens is 333 g/mol. The summed E-state index contributed by atoms with van der Waals surface area (Å²) in [5, 5.41) is 6.85. The van der Waals surface area contributed by atoms with Crippen LogP contribution in [0.15, 0.2) is 53.1 Å². The molecule has 0 saturated heterocycles. The van der Waals surface area contributed by atoms with Crippen molar-refractivity contribution in [3.8, 4) is 11.4 Å². The molecule has 0 fully saturated rings. The Kier molecular flexibility index (Phi) is 5.41. The molecule has 0 aliphatic rings. The predicted molar refractivity (Wildman–Crippen MR) is 95.7 cm³/mol. The molecule has 0 aliphatic carbocycles. The van der Waals surface area contributed by atoms with Crippen molar-refractivity contribution in [3.05, 3.63) is 71.4 Å². The molecule has 0 aliphatic heterocycles. The van der Waals surface area contributed by atoms with E-state index in [0.717, 1.165) is 16.7 Å². The van der Waals surface area contributed by atoms with E-state index in [-0.39, 0.29) is 24.2 Å². The third-order valence-electron chi connectivity index (χ3n) is 4.06. The Bertz CT molecular complexity index is 890. The molecule has 6 heteroatoms. The lowest BCUT2D eigenvalue weighted by Gasteiger charge is -2.13. The topological polar surface area (TPSA) is 68.0 Å². The Balaban J connectivity index is 1.54. The molecule has 0 bridgehead atoms. The minimum absolute atomic E-state index is 0.128. The molecule has 3 aromatic rings. The van der Waals surface area contributed by atoms with Gasteiger partial charge in [0.25, 0.3) is 0 Å². The average molecular weight is 353 g/mol. The van der Waals surface area contributed by atoms with Gasteiger partial charge in [-0.25, -0.2) is 4.39 Å². The Morgan fingerprint density at radius 2 is 2.00 bits per heavy atom. The molecule has 0 saturated carbocycles. The maximum absolute atomic E-state index is 13.0. The Morgan fingerprint density at radius 3 is 2.73 bits per heavy atom. The second kappa shape index (κ2) is 7.91. The van der Waals surface area contributed by atoms with Crippen molar-refractivity contribution in [2.24, 2.45) is 0 Å². The van der Waals surface area contributed by atoms with Gasteiger partial charge in [0.15, 0.2) is 0 Å². The van der Waals surface area contributed by atoms with E-state index in [1.165, 1.54) is 12.1 Å². The highest BCUT2D eigenvalue weighted by Gasteiger charge is 2.13. The minimum atomic E-state index is -0.298. The third kappa shape index (κ3) is 4.53. The van der Waals surface area contributed by atoms with Crippen molar-refractivity contribution in [2.75, 3.05) is 0 Å². The second-order valence-corrected chi connectivity index (χ2v) is 6.22. The Labute approximate surface area is 151 Å². The Morgan fingerprint density at radius 1 is 1.23 bits per heavy atom. The first-order valence-corrected chi connectivity index (χ1v) is 8.46. The van der Waals surface area contributed by atoms with Gasteiger partial charge in [-0.2, -0.15) is 4.98 Å². The number of amides is 1. The monoisotopic (exact) mass is 353 g/mol. The van der Waals surface area contributed by atoms with Crippen molar-refractivity contribution in [2.45, 2.75) is 32.7 Å². The number of aromatic nitrogens is 2. The fourth-order valence-corrected chi connectivity index (χ4v) is 2.63. The van der Waals surface area contributed by atoms with Crippen LogP contribution in [0, 0.1) is 12.7 Å². The molecule has 1 heterocycles. The first-order chi connectivity index (χ1) is 12.5. The van der Waals surface area contributed by atoms with E-state index in [9.17, 15) is 9.18 Å². The maximum Gasteiger partial charge on any atom is 0.227 e. The summed E-state index contributed by atoms with van der Waals surface area (Å²) in [7, 11) is 0. The summed E-state index contributed by atoms with van der Waals surface area (Å²) in [5.74, 6) is 0.514. The van der Waals surface area contributed by atoms with Gasteiger partial charge in [-0.05, 0) is 37.6 Å². The van der Waals surface area contributed by atoms with Gasteiger partial charge in [-0.15, -0.1) is 0 Å². The van der Waals surface area contributed by atoms with Crippen LogP contribution in [0.25, 0.3) is 11.4 Å². The van der Waals surface area contributed by atoms with Crippen molar-refractivity contribution in [3.63, 3.8) is 0 Å². The number of carbonyl (C=O) groups excluding carboxylic acids is 1. The quantitative estimate of drug-likeness (QED) is 0.727.